The Morgan fingerprint density at radius 2 is 1.46 bits per heavy atom. The van der Waals surface area contributed by atoms with Crippen molar-refractivity contribution in [3.63, 3.8) is 0 Å². The summed E-state index contributed by atoms with van der Waals surface area (Å²) in [7, 11) is 4.42. The van der Waals surface area contributed by atoms with Crippen molar-refractivity contribution < 1.29 is 4.74 Å². The summed E-state index contributed by atoms with van der Waals surface area (Å²) in [6.45, 7) is 11.3. The van der Waals surface area contributed by atoms with Gasteiger partial charge in [-0.05, 0) is 96.7 Å². The number of hydrogen-bond donors (Lipinski definition) is 0. The van der Waals surface area contributed by atoms with Crippen LogP contribution in [0.5, 0.6) is 0 Å². The van der Waals surface area contributed by atoms with Crippen LogP contribution in [0.25, 0.3) is 0 Å². The molecular weight excluding hydrogens is 450 g/mol. The Morgan fingerprint density at radius 3 is 2.08 bits per heavy atom. The molecule has 1 aliphatic rings. The largest absolute Gasteiger partial charge is 0.491 e. The smallest absolute Gasteiger partial charge is 0.119 e. The molecule has 1 saturated carbocycles. The Hall–Kier alpha value is -1.28. The zero-order valence-electron chi connectivity index (χ0n) is 25.6. The molecule has 0 aromatic rings. The van der Waals surface area contributed by atoms with E-state index in [-0.39, 0.29) is 6.10 Å². The molecular formula is C35H63NO. The van der Waals surface area contributed by atoms with Crippen molar-refractivity contribution in [2.24, 2.45) is 11.8 Å². The molecule has 4 atom stereocenters. The highest BCUT2D eigenvalue weighted by atomic mass is 16.5. The molecule has 0 N–H and O–H groups in total. The lowest BCUT2D eigenvalue weighted by Gasteiger charge is -2.35. The summed E-state index contributed by atoms with van der Waals surface area (Å²) >= 11 is 0. The van der Waals surface area contributed by atoms with Gasteiger partial charge in [-0.2, -0.15) is 0 Å². The Balaban J connectivity index is 2.30. The second-order valence-corrected chi connectivity index (χ2v) is 11.7. The fourth-order valence-corrected chi connectivity index (χ4v) is 5.36. The monoisotopic (exact) mass is 513 g/mol. The Labute approximate surface area is 232 Å². The van der Waals surface area contributed by atoms with Crippen LogP contribution in [0.4, 0.5) is 0 Å². The summed E-state index contributed by atoms with van der Waals surface area (Å²) in [6, 6.07) is 0.665. The number of unbranched alkanes of at least 4 members (excludes halogenated alkanes) is 9. The van der Waals surface area contributed by atoms with Gasteiger partial charge < -0.3 is 9.64 Å². The summed E-state index contributed by atoms with van der Waals surface area (Å²) in [4.78, 5) is 2.38. The van der Waals surface area contributed by atoms with Gasteiger partial charge in [-0.1, -0.05) is 103 Å². The molecule has 1 rings (SSSR count). The molecule has 0 saturated heterocycles. The standard InChI is InChI=1S/C35H63NO/c1-7-9-11-12-13-14-15-16-17-18-19-20-21-22-23-24-29-35(31(3)26-10-8-2)37-32(4)33-27-25-28-34(30-33)36(5)6/h13-14,16-17,24,29,31,33-35H,4,7-12,15,18-23,25-28,30H2,1-3,5-6H3/b14-13-,17-16-,29-24+/t31?,33-,34?,35?/m1/s1. The topological polar surface area (TPSA) is 12.5 Å². The van der Waals surface area contributed by atoms with Gasteiger partial charge in [0.2, 0.25) is 0 Å². The molecule has 0 amide bonds. The van der Waals surface area contributed by atoms with Crippen LogP contribution >= 0.6 is 0 Å². The van der Waals surface area contributed by atoms with E-state index >= 15 is 0 Å². The van der Waals surface area contributed by atoms with Crippen LogP contribution in [-0.2, 0) is 4.74 Å². The maximum Gasteiger partial charge on any atom is 0.119 e. The van der Waals surface area contributed by atoms with Crippen LogP contribution in [0.2, 0.25) is 0 Å². The number of allylic oxidation sites excluding steroid dienone is 6. The molecule has 0 heterocycles. The summed E-state index contributed by atoms with van der Waals surface area (Å²) < 4.78 is 6.59. The average molecular weight is 514 g/mol. The van der Waals surface area contributed by atoms with E-state index in [1.165, 1.54) is 103 Å². The predicted molar refractivity (Wildman–Crippen MR) is 166 cm³/mol. The van der Waals surface area contributed by atoms with Crippen molar-refractivity contribution in [3.8, 4) is 0 Å². The van der Waals surface area contributed by atoms with Crippen molar-refractivity contribution in [3.05, 3.63) is 48.8 Å². The van der Waals surface area contributed by atoms with Crippen LogP contribution in [0.3, 0.4) is 0 Å². The SMILES string of the molecule is C=C(OC(/C=C/CCCCCC/C=C\C/C=C\CCCCC)C(C)CCCC)[C@@H]1CCCC(N(C)C)C1. The molecule has 0 aliphatic heterocycles. The fourth-order valence-electron chi connectivity index (χ4n) is 5.36. The number of nitrogens with zero attached hydrogens (tertiary/aromatic N) is 1. The third kappa shape index (κ3) is 17.0. The van der Waals surface area contributed by atoms with Gasteiger partial charge in [0.1, 0.15) is 6.10 Å². The van der Waals surface area contributed by atoms with E-state index in [0.29, 0.717) is 17.9 Å². The lowest BCUT2D eigenvalue weighted by molar-refractivity contribution is 0.0669. The van der Waals surface area contributed by atoms with Crippen LogP contribution < -0.4 is 0 Å². The van der Waals surface area contributed by atoms with E-state index in [9.17, 15) is 0 Å². The molecule has 0 bridgehead atoms. The van der Waals surface area contributed by atoms with Gasteiger partial charge in [0.25, 0.3) is 0 Å². The molecule has 1 aliphatic carbocycles. The second-order valence-electron chi connectivity index (χ2n) is 11.7. The lowest BCUT2D eigenvalue weighted by atomic mass is 9.84. The Bertz CT molecular complexity index is 631. The lowest BCUT2D eigenvalue weighted by Crippen LogP contribution is -2.34. The minimum Gasteiger partial charge on any atom is -0.491 e. The highest BCUT2D eigenvalue weighted by molar-refractivity contribution is 5.01. The van der Waals surface area contributed by atoms with Gasteiger partial charge in [-0.15, -0.1) is 0 Å². The first-order valence-electron chi connectivity index (χ1n) is 16.0. The van der Waals surface area contributed by atoms with Gasteiger partial charge >= 0.3 is 0 Å². The number of ether oxygens (including phenoxy) is 1. The molecule has 2 nitrogen and oxygen atoms in total. The average Bonchev–Trinajstić information content (AvgIpc) is 2.90. The van der Waals surface area contributed by atoms with Crippen molar-refractivity contribution in [2.75, 3.05) is 14.1 Å². The molecule has 0 spiro atoms. The fraction of sp³-hybridized carbons (Fsp3) is 0.771. The molecule has 214 valence electrons. The Morgan fingerprint density at radius 1 is 0.838 bits per heavy atom. The summed E-state index contributed by atoms with van der Waals surface area (Å²) in [5.74, 6) is 2.08. The molecule has 0 aromatic carbocycles. The number of hydrogen-bond acceptors (Lipinski definition) is 2. The number of rotatable bonds is 22. The van der Waals surface area contributed by atoms with Crippen LogP contribution in [-0.4, -0.2) is 31.1 Å². The summed E-state index contributed by atoms with van der Waals surface area (Å²) in [5.41, 5.74) is 0. The highest BCUT2D eigenvalue weighted by Gasteiger charge is 2.27. The first-order valence-corrected chi connectivity index (χ1v) is 16.0. The van der Waals surface area contributed by atoms with Crippen LogP contribution in [0, 0.1) is 11.8 Å². The normalized spacial score (nSPS) is 20.4. The van der Waals surface area contributed by atoms with Gasteiger partial charge in [-0.3, -0.25) is 0 Å². The summed E-state index contributed by atoms with van der Waals surface area (Å²) in [5, 5.41) is 0. The van der Waals surface area contributed by atoms with Crippen molar-refractivity contribution in [2.45, 2.75) is 148 Å². The quantitative estimate of drug-likeness (QED) is 0.0810. The van der Waals surface area contributed by atoms with E-state index in [1.807, 2.05) is 0 Å². The summed E-state index contributed by atoms with van der Waals surface area (Å²) in [6.07, 6.45) is 37.1. The third-order valence-corrected chi connectivity index (χ3v) is 8.09. The van der Waals surface area contributed by atoms with E-state index in [4.69, 9.17) is 4.74 Å². The zero-order valence-corrected chi connectivity index (χ0v) is 25.6. The van der Waals surface area contributed by atoms with Crippen LogP contribution in [0.1, 0.15) is 136 Å². The maximum absolute atomic E-state index is 6.59. The van der Waals surface area contributed by atoms with E-state index < -0.39 is 0 Å². The van der Waals surface area contributed by atoms with Crippen molar-refractivity contribution in [1.82, 2.24) is 4.90 Å². The Kier molecular flexibility index (Phi) is 20.7. The van der Waals surface area contributed by atoms with Crippen molar-refractivity contribution in [1.29, 1.82) is 0 Å². The van der Waals surface area contributed by atoms with E-state index in [0.717, 1.165) is 18.6 Å². The minimum absolute atomic E-state index is 0.171. The predicted octanol–water partition coefficient (Wildman–Crippen LogP) is 10.8. The first kappa shape index (κ1) is 33.7. The molecule has 2 heteroatoms. The van der Waals surface area contributed by atoms with Gasteiger partial charge in [0, 0.05) is 12.0 Å². The van der Waals surface area contributed by atoms with E-state index in [1.54, 1.807) is 0 Å². The molecule has 0 aromatic heterocycles. The molecule has 3 unspecified atom stereocenters. The molecule has 0 radical (unpaired) electrons. The van der Waals surface area contributed by atoms with Crippen molar-refractivity contribution >= 4 is 0 Å². The maximum atomic E-state index is 6.59. The zero-order chi connectivity index (χ0) is 27.1. The van der Waals surface area contributed by atoms with Crippen LogP contribution in [0.15, 0.2) is 48.8 Å². The van der Waals surface area contributed by atoms with Gasteiger partial charge in [0.15, 0.2) is 0 Å². The molecule has 37 heavy (non-hydrogen) atoms. The second kappa shape index (κ2) is 22.7. The van der Waals surface area contributed by atoms with E-state index in [2.05, 4.69) is 82.8 Å². The third-order valence-electron chi connectivity index (χ3n) is 8.09. The molecule has 1 fully saturated rings. The first-order chi connectivity index (χ1) is 18.0. The van der Waals surface area contributed by atoms with Gasteiger partial charge in [0.05, 0.1) is 5.76 Å². The highest BCUT2D eigenvalue weighted by Crippen LogP contribution is 2.33. The minimum atomic E-state index is 0.171. The van der Waals surface area contributed by atoms with Gasteiger partial charge in [-0.25, -0.2) is 0 Å².